The van der Waals surface area contributed by atoms with Gasteiger partial charge in [-0.05, 0) is 57.8 Å². The molecular formula is C16H28N2O. The molecule has 19 heavy (non-hydrogen) atoms. The summed E-state index contributed by atoms with van der Waals surface area (Å²) < 4.78 is 0. The minimum Gasteiger partial charge on any atom is -0.320 e. The van der Waals surface area contributed by atoms with Gasteiger partial charge in [-0.2, -0.15) is 0 Å². The van der Waals surface area contributed by atoms with E-state index in [1.54, 1.807) is 0 Å². The number of rotatable bonds is 8. The topological polar surface area (TPSA) is 41.1 Å². The van der Waals surface area contributed by atoms with Crippen molar-refractivity contribution in [3.8, 4) is 0 Å². The second kappa shape index (κ2) is 9.05. The first-order chi connectivity index (χ1) is 9.24. The minimum atomic E-state index is 0.329. The average molecular weight is 264 g/mol. The fourth-order valence-corrected chi connectivity index (χ4v) is 2.72. The van der Waals surface area contributed by atoms with Crippen LogP contribution in [0.25, 0.3) is 0 Å². The van der Waals surface area contributed by atoms with E-state index in [9.17, 15) is 4.79 Å². The first-order valence-electron chi connectivity index (χ1n) is 7.42. The zero-order valence-corrected chi connectivity index (χ0v) is 12.5. The van der Waals surface area contributed by atoms with Crippen molar-refractivity contribution in [2.24, 2.45) is 5.92 Å². The van der Waals surface area contributed by atoms with Crippen LogP contribution in [-0.4, -0.2) is 32.5 Å². The number of hydrogen-bond donors (Lipinski definition) is 2. The molecule has 0 aliphatic carbocycles. The molecule has 0 aromatic rings. The van der Waals surface area contributed by atoms with Crippen LogP contribution in [-0.2, 0) is 4.79 Å². The van der Waals surface area contributed by atoms with Gasteiger partial charge in [-0.25, -0.2) is 0 Å². The summed E-state index contributed by atoms with van der Waals surface area (Å²) in [4.78, 5) is 10.9. The van der Waals surface area contributed by atoms with E-state index in [-0.39, 0.29) is 0 Å². The molecule has 2 unspecified atom stereocenters. The lowest BCUT2D eigenvalue weighted by Gasteiger charge is -2.33. The molecule has 0 aromatic heterocycles. The van der Waals surface area contributed by atoms with Gasteiger partial charge in [0.15, 0.2) is 0 Å². The van der Waals surface area contributed by atoms with Crippen LogP contribution in [0.15, 0.2) is 23.3 Å². The van der Waals surface area contributed by atoms with Crippen LogP contribution in [0.3, 0.4) is 0 Å². The summed E-state index contributed by atoms with van der Waals surface area (Å²) in [5.74, 6) is 0.386. The first-order valence-corrected chi connectivity index (χ1v) is 7.42. The summed E-state index contributed by atoms with van der Waals surface area (Å²) in [6, 6.07) is 0.329. The Morgan fingerprint density at radius 1 is 1.53 bits per heavy atom. The Balaban J connectivity index is 2.87. The molecule has 3 heteroatoms. The number of aldehydes is 1. The Labute approximate surface area is 117 Å². The molecule has 0 aromatic carbocycles. The normalized spacial score (nSPS) is 21.9. The van der Waals surface area contributed by atoms with Gasteiger partial charge in [0.2, 0.25) is 0 Å². The lowest BCUT2D eigenvalue weighted by atomic mass is 9.83. The van der Waals surface area contributed by atoms with E-state index in [4.69, 9.17) is 0 Å². The summed E-state index contributed by atoms with van der Waals surface area (Å²) in [7, 11) is 1.96. The number of carbonyl (C=O) groups excluding carboxylic acids is 1. The minimum absolute atomic E-state index is 0.329. The third-order valence-corrected chi connectivity index (χ3v) is 3.86. The molecule has 0 saturated carbocycles. The summed E-state index contributed by atoms with van der Waals surface area (Å²) in [5, 5.41) is 6.79. The van der Waals surface area contributed by atoms with E-state index in [2.05, 4.69) is 36.6 Å². The monoisotopic (exact) mass is 264 g/mol. The van der Waals surface area contributed by atoms with E-state index in [1.165, 1.54) is 11.1 Å². The van der Waals surface area contributed by atoms with Crippen molar-refractivity contribution < 1.29 is 4.79 Å². The average Bonchev–Trinajstić information content (AvgIpc) is 2.42. The predicted molar refractivity (Wildman–Crippen MR) is 81.3 cm³/mol. The first kappa shape index (κ1) is 16.1. The van der Waals surface area contributed by atoms with Crippen LogP contribution in [0.1, 0.15) is 39.5 Å². The zero-order chi connectivity index (χ0) is 14.1. The van der Waals surface area contributed by atoms with Gasteiger partial charge >= 0.3 is 0 Å². The molecule has 0 bridgehead atoms. The van der Waals surface area contributed by atoms with Crippen LogP contribution >= 0.6 is 0 Å². The van der Waals surface area contributed by atoms with Gasteiger partial charge in [0.1, 0.15) is 6.29 Å². The van der Waals surface area contributed by atoms with Gasteiger partial charge in [-0.15, -0.1) is 0 Å². The smallest absolute Gasteiger partial charge is 0.120 e. The van der Waals surface area contributed by atoms with Crippen molar-refractivity contribution in [3.63, 3.8) is 0 Å². The maximum atomic E-state index is 10.9. The number of nitrogens with one attached hydrogen (secondary N) is 2. The lowest BCUT2D eigenvalue weighted by Crippen LogP contribution is -2.42. The molecule has 108 valence electrons. The van der Waals surface area contributed by atoms with Crippen LogP contribution in [0.4, 0.5) is 0 Å². The molecule has 1 aliphatic heterocycles. The predicted octanol–water partition coefficient (Wildman–Crippen LogP) is 2.45. The Morgan fingerprint density at radius 3 is 2.95 bits per heavy atom. The van der Waals surface area contributed by atoms with Gasteiger partial charge in [0.25, 0.3) is 0 Å². The second-order valence-corrected chi connectivity index (χ2v) is 5.28. The van der Waals surface area contributed by atoms with Crippen LogP contribution in [0.5, 0.6) is 0 Å². The summed E-state index contributed by atoms with van der Waals surface area (Å²) in [6.45, 7) is 6.36. The number of hydrogen-bond acceptors (Lipinski definition) is 3. The molecule has 0 fully saturated rings. The second-order valence-electron chi connectivity index (χ2n) is 5.28. The summed E-state index contributed by atoms with van der Waals surface area (Å²) in [5.41, 5.74) is 2.87. The van der Waals surface area contributed by atoms with Crippen molar-refractivity contribution in [1.29, 1.82) is 0 Å². The number of allylic oxidation sites excluding steroid dienone is 1. The van der Waals surface area contributed by atoms with Crippen molar-refractivity contribution in [2.45, 2.75) is 45.6 Å². The molecule has 0 spiro atoms. The van der Waals surface area contributed by atoms with Crippen molar-refractivity contribution in [3.05, 3.63) is 23.3 Å². The largest absolute Gasteiger partial charge is 0.320 e. The fraction of sp³-hybridized carbons (Fsp3) is 0.688. The highest BCUT2D eigenvalue weighted by molar-refractivity contribution is 5.50. The summed E-state index contributed by atoms with van der Waals surface area (Å²) in [6.07, 6.45) is 9.36. The molecule has 3 nitrogen and oxygen atoms in total. The molecule has 2 N–H and O–H groups in total. The van der Waals surface area contributed by atoms with E-state index in [0.29, 0.717) is 18.4 Å². The molecule has 1 heterocycles. The van der Waals surface area contributed by atoms with Gasteiger partial charge in [0, 0.05) is 12.5 Å². The molecular weight excluding hydrogens is 236 g/mol. The van der Waals surface area contributed by atoms with Gasteiger partial charge < -0.3 is 15.4 Å². The Kier molecular flexibility index (Phi) is 7.68. The molecule has 0 amide bonds. The van der Waals surface area contributed by atoms with Gasteiger partial charge in [0.05, 0.1) is 0 Å². The van der Waals surface area contributed by atoms with Gasteiger partial charge in [-0.1, -0.05) is 24.6 Å². The highest BCUT2D eigenvalue weighted by Crippen LogP contribution is 2.27. The lowest BCUT2D eigenvalue weighted by molar-refractivity contribution is -0.108. The molecule has 0 saturated heterocycles. The van der Waals surface area contributed by atoms with Crippen LogP contribution < -0.4 is 10.6 Å². The zero-order valence-electron chi connectivity index (χ0n) is 12.5. The Bertz CT molecular complexity index is 334. The van der Waals surface area contributed by atoms with E-state index in [1.807, 2.05) is 7.05 Å². The summed E-state index contributed by atoms with van der Waals surface area (Å²) >= 11 is 0. The van der Waals surface area contributed by atoms with Crippen molar-refractivity contribution in [1.82, 2.24) is 10.6 Å². The molecule has 1 aliphatic rings. The van der Waals surface area contributed by atoms with E-state index in [0.717, 1.165) is 38.6 Å². The SMILES string of the molecule is CC/C=C\C1=C(C)CCNC1C(CC=O)CCNC. The van der Waals surface area contributed by atoms with Crippen LogP contribution in [0.2, 0.25) is 0 Å². The van der Waals surface area contributed by atoms with Crippen molar-refractivity contribution >= 4 is 6.29 Å². The Morgan fingerprint density at radius 2 is 2.32 bits per heavy atom. The highest BCUT2D eigenvalue weighted by atomic mass is 16.1. The molecule has 0 radical (unpaired) electrons. The van der Waals surface area contributed by atoms with Crippen LogP contribution in [0, 0.1) is 5.92 Å². The third kappa shape index (κ3) is 4.92. The van der Waals surface area contributed by atoms with E-state index >= 15 is 0 Å². The fourth-order valence-electron chi connectivity index (χ4n) is 2.72. The Hall–Kier alpha value is -0.930. The highest BCUT2D eigenvalue weighted by Gasteiger charge is 2.26. The molecule has 2 atom stereocenters. The number of carbonyl (C=O) groups is 1. The molecule has 1 rings (SSSR count). The maximum absolute atomic E-state index is 10.9. The van der Waals surface area contributed by atoms with Crippen molar-refractivity contribution in [2.75, 3.05) is 20.1 Å². The quantitative estimate of drug-likeness (QED) is 0.662. The van der Waals surface area contributed by atoms with E-state index < -0.39 is 0 Å². The standard InChI is InChI=1S/C16H28N2O/c1-4-5-6-15-13(2)7-11-18-16(15)14(9-12-19)8-10-17-3/h5-6,12,14,16-18H,4,7-11H2,1-3H3/b6-5-. The van der Waals surface area contributed by atoms with Gasteiger partial charge in [-0.3, -0.25) is 0 Å². The maximum Gasteiger partial charge on any atom is 0.120 e. The third-order valence-electron chi connectivity index (χ3n) is 3.86.